The molecular formula is C15H8ClF2N2O3S-. The third-order valence-electron chi connectivity index (χ3n) is 3.19. The van der Waals surface area contributed by atoms with Crippen LogP contribution in [-0.4, -0.2) is 18.9 Å². The van der Waals surface area contributed by atoms with Gasteiger partial charge in [-0.15, -0.1) is 0 Å². The van der Waals surface area contributed by atoms with Gasteiger partial charge >= 0.3 is 11.3 Å². The summed E-state index contributed by atoms with van der Waals surface area (Å²) in [4.78, 5) is 3.70. The molecule has 0 aliphatic rings. The van der Waals surface area contributed by atoms with Crippen molar-refractivity contribution in [2.45, 2.75) is 10.3 Å². The summed E-state index contributed by atoms with van der Waals surface area (Å²) in [5.41, 5.74) is 1.60. The van der Waals surface area contributed by atoms with Crippen molar-refractivity contribution >= 4 is 22.7 Å². The van der Waals surface area contributed by atoms with E-state index in [1.165, 1.54) is 6.07 Å². The smallest absolute Gasteiger partial charge is 0.400 e. The van der Waals surface area contributed by atoms with Crippen LogP contribution in [0.15, 0.2) is 57.9 Å². The maximum Gasteiger partial charge on any atom is 0.400 e. The van der Waals surface area contributed by atoms with E-state index in [1.54, 1.807) is 42.5 Å². The lowest BCUT2D eigenvalue weighted by atomic mass is 10.0. The van der Waals surface area contributed by atoms with E-state index in [9.17, 15) is 17.5 Å². The number of nitrogens with zero attached hydrogens (tertiary/aromatic N) is 2. The molecule has 3 rings (SSSR count). The Labute approximate surface area is 142 Å². The Bertz CT molecular complexity index is 894. The van der Waals surface area contributed by atoms with E-state index in [0.29, 0.717) is 16.7 Å². The van der Waals surface area contributed by atoms with Gasteiger partial charge in [0.15, 0.2) is 0 Å². The second kappa shape index (κ2) is 6.39. The van der Waals surface area contributed by atoms with Crippen LogP contribution in [0.4, 0.5) is 8.78 Å². The molecule has 0 saturated heterocycles. The van der Waals surface area contributed by atoms with E-state index in [-0.39, 0.29) is 10.7 Å². The molecule has 0 radical (unpaired) electrons. The zero-order valence-electron chi connectivity index (χ0n) is 11.8. The summed E-state index contributed by atoms with van der Waals surface area (Å²) in [7, 11) is 0. The second-order valence-electron chi connectivity index (χ2n) is 4.73. The van der Waals surface area contributed by atoms with Crippen LogP contribution in [0.5, 0.6) is 0 Å². The molecule has 0 amide bonds. The molecule has 0 saturated carbocycles. The number of rotatable bonds is 4. The maximum absolute atomic E-state index is 12.9. The van der Waals surface area contributed by atoms with Crippen molar-refractivity contribution in [3.8, 4) is 22.5 Å². The lowest BCUT2D eigenvalue weighted by molar-refractivity contribution is 0.0551. The molecule has 5 nitrogen and oxygen atoms in total. The summed E-state index contributed by atoms with van der Waals surface area (Å²) in [6, 6.07) is 12.9. The highest BCUT2D eigenvalue weighted by Crippen LogP contribution is 2.33. The largest absolute Gasteiger partial charge is 0.768 e. The van der Waals surface area contributed by atoms with Crippen LogP contribution in [-0.2, 0) is 16.5 Å². The third kappa shape index (κ3) is 3.35. The molecule has 0 aliphatic carbocycles. The number of benzene rings is 2. The molecule has 3 aromatic rings. The van der Waals surface area contributed by atoms with Gasteiger partial charge in [0.25, 0.3) is 0 Å². The molecule has 1 unspecified atom stereocenters. The molecule has 9 heteroatoms. The van der Waals surface area contributed by atoms with Crippen molar-refractivity contribution in [2.24, 2.45) is 0 Å². The first-order chi connectivity index (χ1) is 11.4. The molecule has 0 bridgehead atoms. The highest BCUT2D eigenvalue weighted by Gasteiger charge is 2.35. The van der Waals surface area contributed by atoms with Crippen LogP contribution < -0.4 is 0 Å². The number of aromatic nitrogens is 2. The monoisotopic (exact) mass is 369 g/mol. The van der Waals surface area contributed by atoms with Crippen LogP contribution in [0.1, 0.15) is 5.89 Å². The van der Waals surface area contributed by atoms with Crippen LogP contribution in [0.2, 0.25) is 0 Å². The quantitative estimate of drug-likeness (QED) is 0.514. The molecule has 0 N–H and O–H groups in total. The Balaban J connectivity index is 1.95. The van der Waals surface area contributed by atoms with Gasteiger partial charge in [-0.1, -0.05) is 47.6 Å². The minimum Gasteiger partial charge on any atom is -0.768 e. The molecule has 0 fully saturated rings. The van der Waals surface area contributed by atoms with E-state index in [2.05, 4.69) is 14.7 Å². The maximum atomic E-state index is 12.9. The van der Waals surface area contributed by atoms with Gasteiger partial charge in [0.1, 0.15) is 0 Å². The topological polar surface area (TPSA) is 79.0 Å². The van der Waals surface area contributed by atoms with Gasteiger partial charge in [-0.05, 0) is 39.9 Å². The van der Waals surface area contributed by atoms with Crippen LogP contribution in [0, 0.1) is 0 Å². The van der Waals surface area contributed by atoms with E-state index >= 15 is 0 Å². The summed E-state index contributed by atoms with van der Waals surface area (Å²) in [5.74, 6) is -1.03. The highest BCUT2D eigenvalue weighted by atomic mass is 35.5. The Morgan fingerprint density at radius 1 is 1.08 bits per heavy atom. The fourth-order valence-electron chi connectivity index (χ4n) is 2.11. The molecule has 1 heterocycles. The summed E-state index contributed by atoms with van der Waals surface area (Å²) < 4.78 is 52.8. The number of alkyl halides is 3. The molecule has 24 heavy (non-hydrogen) atoms. The van der Waals surface area contributed by atoms with E-state index in [4.69, 9.17) is 11.6 Å². The Morgan fingerprint density at radius 3 is 2.29 bits per heavy atom. The van der Waals surface area contributed by atoms with Gasteiger partial charge in [-0.2, -0.15) is 13.8 Å². The first-order valence-electron chi connectivity index (χ1n) is 6.56. The molecule has 124 valence electrons. The SMILES string of the molecule is O=S([O-])c1ccccc1-c1ccc(-c2noc(C(F)(F)Cl)n2)cc1. The number of halogens is 3. The Morgan fingerprint density at radius 2 is 1.71 bits per heavy atom. The van der Waals surface area contributed by atoms with Crippen molar-refractivity contribution in [3.63, 3.8) is 0 Å². The lowest BCUT2D eigenvalue weighted by Crippen LogP contribution is -2.03. The predicted octanol–water partition coefficient (Wildman–Crippen LogP) is 3.93. The molecule has 0 aliphatic heterocycles. The second-order valence-corrected chi connectivity index (χ2v) is 6.11. The minimum absolute atomic E-state index is 0.0439. The fraction of sp³-hybridized carbons (Fsp3) is 0.0667. The standard InChI is InChI=1S/C15H9ClF2N2O3S/c16-15(17,18)14-19-13(20-23-14)10-7-5-9(6-8-10)11-3-1-2-4-12(11)24(21)22/h1-8H,(H,21,22)/p-1. The fourth-order valence-corrected chi connectivity index (χ4v) is 2.74. The van der Waals surface area contributed by atoms with E-state index < -0.39 is 22.4 Å². The van der Waals surface area contributed by atoms with Crippen LogP contribution in [0.3, 0.4) is 0 Å². The third-order valence-corrected chi connectivity index (χ3v) is 4.07. The van der Waals surface area contributed by atoms with Gasteiger partial charge < -0.3 is 9.08 Å². The Hall–Kier alpha value is -2.16. The average Bonchev–Trinajstić information content (AvgIpc) is 3.05. The molecular weight excluding hydrogens is 362 g/mol. The van der Waals surface area contributed by atoms with Crippen molar-refractivity contribution in [1.29, 1.82) is 0 Å². The zero-order chi connectivity index (χ0) is 17.3. The molecule has 2 aromatic carbocycles. The summed E-state index contributed by atoms with van der Waals surface area (Å²) in [6.07, 6.45) is 0. The minimum atomic E-state index is -3.73. The first kappa shape index (κ1) is 16.7. The van der Waals surface area contributed by atoms with Gasteiger partial charge in [0.05, 0.1) is 0 Å². The van der Waals surface area contributed by atoms with Crippen molar-refractivity contribution in [3.05, 3.63) is 54.4 Å². The van der Waals surface area contributed by atoms with Gasteiger partial charge in [-0.25, -0.2) is 0 Å². The average molecular weight is 370 g/mol. The highest BCUT2D eigenvalue weighted by molar-refractivity contribution is 7.79. The van der Waals surface area contributed by atoms with Gasteiger partial charge in [0, 0.05) is 10.5 Å². The molecule has 0 spiro atoms. The first-order valence-corrected chi connectivity index (χ1v) is 8.01. The van der Waals surface area contributed by atoms with Crippen LogP contribution in [0.25, 0.3) is 22.5 Å². The lowest BCUT2D eigenvalue weighted by Gasteiger charge is -2.11. The van der Waals surface area contributed by atoms with Crippen molar-refractivity contribution in [2.75, 3.05) is 0 Å². The van der Waals surface area contributed by atoms with E-state index in [1.807, 2.05) is 0 Å². The number of hydrogen-bond donors (Lipinski definition) is 0. The van der Waals surface area contributed by atoms with E-state index in [0.717, 1.165) is 0 Å². The summed E-state index contributed by atoms with van der Waals surface area (Å²) in [6.45, 7) is 0. The normalized spacial score (nSPS) is 13.0. The predicted molar refractivity (Wildman–Crippen MR) is 82.1 cm³/mol. The molecule has 1 atom stereocenters. The summed E-state index contributed by atoms with van der Waals surface area (Å²) >= 11 is 2.45. The van der Waals surface area contributed by atoms with Crippen molar-refractivity contribution < 1.29 is 22.1 Å². The number of hydrogen-bond acceptors (Lipinski definition) is 5. The van der Waals surface area contributed by atoms with Gasteiger partial charge in [-0.3, -0.25) is 4.21 Å². The Kier molecular flexibility index (Phi) is 4.44. The zero-order valence-corrected chi connectivity index (χ0v) is 13.4. The summed E-state index contributed by atoms with van der Waals surface area (Å²) in [5, 5.41) is -0.282. The van der Waals surface area contributed by atoms with Crippen LogP contribution >= 0.6 is 11.6 Å². The van der Waals surface area contributed by atoms with Crippen molar-refractivity contribution in [1.82, 2.24) is 10.1 Å². The van der Waals surface area contributed by atoms with Gasteiger partial charge in [0.2, 0.25) is 5.82 Å². The molecule has 1 aromatic heterocycles.